The molecule has 0 aliphatic carbocycles. The van der Waals surface area contributed by atoms with E-state index in [1.807, 2.05) is 4.90 Å². The second kappa shape index (κ2) is 13.0. The van der Waals surface area contributed by atoms with E-state index in [0.29, 0.717) is 18.9 Å². The molecular weight excluding hydrogens is 391 g/mol. The Morgan fingerprint density at radius 1 is 1.14 bits per heavy atom. The molecule has 0 spiro atoms. The minimum absolute atomic E-state index is 0. The zero-order chi connectivity index (χ0) is 15.5. The third-order valence-corrected chi connectivity index (χ3v) is 4.10. The van der Waals surface area contributed by atoms with Crippen molar-refractivity contribution in [1.82, 2.24) is 15.5 Å². The Labute approximate surface area is 152 Å². The van der Waals surface area contributed by atoms with E-state index in [2.05, 4.69) is 36.4 Å². The fourth-order valence-electron chi connectivity index (χ4n) is 2.52. The number of halogens is 1. The standard InChI is InChI=1S/C16H32N4O.HI/c1-4-14(5-2)13-19-16(17-6-3)18-10-9-15(21)20-11-7-8-12-20;/h14H,4-13H2,1-3H3,(H2,17,18,19);1H. The second-order valence-corrected chi connectivity index (χ2v) is 5.67. The molecule has 1 fully saturated rings. The van der Waals surface area contributed by atoms with Crippen LogP contribution in [0.1, 0.15) is 52.9 Å². The summed E-state index contributed by atoms with van der Waals surface area (Å²) >= 11 is 0. The Morgan fingerprint density at radius 3 is 2.32 bits per heavy atom. The Bertz CT molecular complexity index is 326. The number of carbonyl (C=O) groups is 1. The van der Waals surface area contributed by atoms with Crippen LogP contribution in [0, 0.1) is 5.92 Å². The lowest BCUT2D eigenvalue weighted by Gasteiger charge is -2.17. The molecule has 0 aromatic carbocycles. The number of guanidine groups is 1. The number of aliphatic imine (C=N–C) groups is 1. The largest absolute Gasteiger partial charge is 0.357 e. The minimum atomic E-state index is 0. The molecule has 1 rings (SSSR count). The molecule has 1 saturated heterocycles. The smallest absolute Gasteiger partial charge is 0.224 e. The molecule has 1 amide bonds. The zero-order valence-electron chi connectivity index (χ0n) is 14.4. The number of hydrogen-bond donors (Lipinski definition) is 2. The van der Waals surface area contributed by atoms with Crippen molar-refractivity contribution in [1.29, 1.82) is 0 Å². The maximum atomic E-state index is 12.0. The molecule has 22 heavy (non-hydrogen) atoms. The average Bonchev–Trinajstić information content (AvgIpc) is 3.02. The summed E-state index contributed by atoms with van der Waals surface area (Å²) in [6.45, 7) is 10.7. The van der Waals surface area contributed by atoms with E-state index in [0.717, 1.165) is 57.8 Å². The predicted molar refractivity (Wildman–Crippen MR) is 104 cm³/mol. The van der Waals surface area contributed by atoms with Crippen LogP contribution < -0.4 is 10.6 Å². The summed E-state index contributed by atoms with van der Waals surface area (Å²) in [5, 5.41) is 6.51. The number of amides is 1. The zero-order valence-corrected chi connectivity index (χ0v) is 16.7. The first kappa shape index (κ1) is 21.5. The number of rotatable bonds is 8. The van der Waals surface area contributed by atoms with Crippen LogP contribution in [0.25, 0.3) is 0 Å². The molecule has 0 unspecified atom stereocenters. The summed E-state index contributed by atoms with van der Waals surface area (Å²) in [7, 11) is 0. The van der Waals surface area contributed by atoms with Gasteiger partial charge in [-0.15, -0.1) is 24.0 Å². The monoisotopic (exact) mass is 424 g/mol. The normalized spacial score (nSPS) is 14.9. The number of nitrogens with zero attached hydrogens (tertiary/aromatic N) is 2. The third-order valence-electron chi connectivity index (χ3n) is 4.10. The number of likely N-dealkylation sites (tertiary alicyclic amines) is 1. The molecule has 130 valence electrons. The molecule has 0 aromatic rings. The van der Waals surface area contributed by atoms with Gasteiger partial charge in [0.25, 0.3) is 0 Å². The van der Waals surface area contributed by atoms with E-state index in [1.165, 1.54) is 0 Å². The van der Waals surface area contributed by atoms with Crippen LogP contribution in [0.4, 0.5) is 0 Å². The van der Waals surface area contributed by atoms with Crippen LogP contribution in [0.5, 0.6) is 0 Å². The van der Waals surface area contributed by atoms with Crippen molar-refractivity contribution >= 4 is 35.8 Å². The highest BCUT2D eigenvalue weighted by Crippen LogP contribution is 2.08. The first-order valence-electron chi connectivity index (χ1n) is 8.51. The van der Waals surface area contributed by atoms with Gasteiger partial charge in [-0.3, -0.25) is 9.79 Å². The van der Waals surface area contributed by atoms with E-state index in [1.54, 1.807) is 0 Å². The van der Waals surface area contributed by atoms with Gasteiger partial charge in [-0.25, -0.2) is 0 Å². The van der Waals surface area contributed by atoms with Gasteiger partial charge in [-0.05, 0) is 25.7 Å². The molecule has 1 aliphatic rings. The van der Waals surface area contributed by atoms with Crippen LogP contribution in [0.3, 0.4) is 0 Å². The fraction of sp³-hybridized carbons (Fsp3) is 0.875. The highest BCUT2D eigenvalue weighted by Gasteiger charge is 2.17. The van der Waals surface area contributed by atoms with Crippen LogP contribution in [-0.2, 0) is 4.79 Å². The molecule has 1 heterocycles. The van der Waals surface area contributed by atoms with Crippen molar-refractivity contribution < 1.29 is 4.79 Å². The van der Waals surface area contributed by atoms with Gasteiger partial charge >= 0.3 is 0 Å². The lowest BCUT2D eigenvalue weighted by Crippen LogP contribution is -2.40. The summed E-state index contributed by atoms with van der Waals surface area (Å²) < 4.78 is 0. The summed E-state index contributed by atoms with van der Waals surface area (Å²) in [5.41, 5.74) is 0. The van der Waals surface area contributed by atoms with Gasteiger partial charge in [0.1, 0.15) is 0 Å². The van der Waals surface area contributed by atoms with Crippen molar-refractivity contribution in [2.24, 2.45) is 10.9 Å². The van der Waals surface area contributed by atoms with Crippen LogP contribution >= 0.6 is 24.0 Å². The first-order valence-corrected chi connectivity index (χ1v) is 8.51. The molecule has 1 aliphatic heterocycles. The maximum Gasteiger partial charge on any atom is 0.224 e. The van der Waals surface area contributed by atoms with Gasteiger partial charge in [-0.1, -0.05) is 26.7 Å². The van der Waals surface area contributed by atoms with Gasteiger partial charge in [0.2, 0.25) is 5.91 Å². The molecule has 0 aromatic heterocycles. The summed E-state index contributed by atoms with van der Waals surface area (Å²) in [4.78, 5) is 18.6. The molecule has 0 saturated carbocycles. The quantitative estimate of drug-likeness (QED) is 0.358. The Kier molecular flexibility index (Phi) is 12.6. The van der Waals surface area contributed by atoms with Gasteiger partial charge in [-0.2, -0.15) is 0 Å². The van der Waals surface area contributed by atoms with Crippen molar-refractivity contribution in [3.8, 4) is 0 Å². The highest BCUT2D eigenvalue weighted by molar-refractivity contribution is 14.0. The van der Waals surface area contributed by atoms with E-state index >= 15 is 0 Å². The molecule has 2 N–H and O–H groups in total. The molecule has 5 nitrogen and oxygen atoms in total. The Morgan fingerprint density at radius 2 is 1.77 bits per heavy atom. The first-order chi connectivity index (χ1) is 10.2. The summed E-state index contributed by atoms with van der Waals surface area (Å²) in [5.74, 6) is 1.74. The van der Waals surface area contributed by atoms with Crippen LogP contribution in [0.15, 0.2) is 4.99 Å². The SMILES string of the molecule is CCNC(=NCC(CC)CC)NCCC(=O)N1CCCC1.I. The van der Waals surface area contributed by atoms with Gasteiger partial charge in [0.05, 0.1) is 0 Å². The average molecular weight is 424 g/mol. The maximum absolute atomic E-state index is 12.0. The Balaban J connectivity index is 0.00000441. The molecule has 0 radical (unpaired) electrons. The van der Waals surface area contributed by atoms with Crippen LogP contribution in [-0.4, -0.2) is 49.5 Å². The van der Waals surface area contributed by atoms with Gasteiger partial charge in [0, 0.05) is 39.1 Å². The molecule has 0 bridgehead atoms. The topological polar surface area (TPSA) is 56.7 Å². The van der Waals surface area contributed by atoms with E-state index < -0.39 is 0 Å². The molecular formula is C16H33IN4O. The van der Waals surface area contributed by atoms with Crippen molar-refractivity contribution in [3.63, 3.8) is 0 Å². The number of nitrogens with one attached hydrogen (secondary N) is 2. The molecule has 6 heteroatoms. The fourth-order valence-corrected chi connectivity index (χ4v) is 2.52. The lowest BCUT2D eigenvalue weighted by molar-refractivity contribution is -0.129. The van der Waals surface area contributed by atoms with E-state index in [-0.39, 0.29) is 29.9 Å². The minimum Gasteiger partial charge on any atom is -0.357 e. The predicted octanol–water partition coefficient (Wildman–Crippen LogP) is 2.61. The third kappa shape index (κ3) is 8.19. The lowest BCUT2D eigenvalue weighted by atomic mass is 10.0. The summed E-state index contributed by atoms with van der Waals surface area (Å²) in [6.07, 6.45) is 5.17. The van der Waals surface area contributed by atoms with E-state index in [4.69, 9.17) is 0 Å². The van der Waals surface area contributed by atoms with Crippen LogP contribution in [0.2, 0.25) is 0 Å². The number of carbonyl (C=O) groups excluding carboxylic acids is 1. The second-order valence-electron chi connectivity index (χ2n) is 5.67. The van der Waals surface area contributed by atoms with Crippen molar-refractivity contribution in [2.75, 3.05) is 32.7 Å². The molecule has 0 atom stereocenters. The van der Waals surface area contributed by atoms with E-state index in [9.17, 15) is 4.79 Å². The Hall–Kier alpha value is -0.530. The summed E-state index contributed by atoms with van der Waals surface area (Å²) in [6, 6.07) is 0. The van der Waals surface area contributed by atoms with Gasteiger partial charge < -0.3 is 15.5 Å². The number of hydrogen-bond acceptors (Lipinski definition) is 2. The van der Waals surface area contributed by atoms with Gasteiger partial charge in [0.15, 0.2) is 5.96 Å². The van der Waals surface area contributed by atoms with Crippen molar-refractivity contribution in [3.05, 3.63) is 0 Å². The van der Waals surface area contributed by atoms with Crippen molar-refractivity contribution in [2.45, 2.75) is 52.9 Å². The highest BCUT2D eigenvalue weighted by atomic mass is 127.